The fraction of sp³-hybridized carbons (Fsp3) is 0.362. The maximum atomic E-state index is 11.6. The predicted molar refractivity (Wildman–Crippen MR) is 339 cm³/mol. The lowest BCUT2D eigenvalue weighted by atomic mass is 9.98. The largest absolute Gasteiger partial charge is 0.465 e. The molecule has 2 amide bonds. The Hall–Kier alpha value is -8.52. The summed E-state index contributed by atoms with van der Waals surface area (Å²) in [6, 6.07) is 49.2. The SMILES string of the molecule is CC(=O)CNC(=O)OCC1c2ccccc2-c2ccccc21.CC(=O)CN[C@@H](CCCCNCC(=O)CNCN)C(N)=O.CCC(=O)OCC1c2ccccc2-c2ccccc21.CCC(=O)OCC1c2ccccc2-c2ccccc21.CNCC(C)=O. The second-order valence-corrected chi connectivity index (χ2v) is 21.0. The zero-order valence-electron chi connectivity index (χ0n) is 50.9. The van der Waals surface area contributed by atoms with Crippen molar-refractivity contribution in [3.63, 3.8) is 0 Å². The second-order valence-electron chi connectivity index (χ2n) is 21.0. The number of fused-ring (bicyclic) bond motifs is 9. The molecule has 0 radical (unpaired) electrons. The van der Waals surface area contributed by atoms with Gasteiger partial charge in [0, 0.05) is 37.3 Å². The van der Waals surface area contributed by atoms with Crippen molar-refractivity contribution in [1.82, 2.24) is 26.6 Å². The van der Waals surface area contributed by atoms with Gasteiger partial charge in [0.1, 0.15) is 37.2 Å². The van der Waals surface area contributed by atoms with Gasteiger partial charge in [0.25, 0.3) is 0 Å². The Labute approximate surface area is 511 Å². The number of ether oxygens (including phenoxy) is 3. The summed E-state index contributed by atoms with van der Waals surface area (Å²) in [5.74, 6) is -0.255. The van der Waals surface area contributed by atoms with Crippen molar-refractivity contribution in [3.8, 4) is 33.4 Å². The zero-order chi connectivity index (χ0) is 63.1. The number of ketones is 4. The lowest BCUT2D eigenvalue weighted by molar-refractivity contribution is -0.144. The Morgan fingerprint density at radius 3 is 1.11 bits per heavy atom. The molecule has 9 rings (SSSR count). The molecule has 6 aromatic carbocycles. The highest BCUT2D eigenvalue weighted by Crippen LogP contribution is 2.47. The maximum absolute atomic E-state index is 11.6. The summed E-state index contributed by atoms with van der Waals surface area (Å²) in [5.41, 5.74) is 25.3. The highest BCUT2D eigenvalue weighted by molar-refractivity contribution is 5.85. The van der Waals surface area contributed by atoms with Gasteiger partial charge in [0.15, 0.2) is 5.78 Å². The van der Waals surface area contributed by atoms with E-state index in [9.17, 15) is 38.4 Å². The Kier molecular flexibility index (Phi) is 29.6. The van der Waals surface area contributed by atoms with Crippen molar-refractivity contribution < 1.29 is 52.6 Å². The molecule has 1 atom stereocenters. The molecule has 462 valence electrons. The molecule has 0 fully saturated rings. The molecule has 87 heavy (non-hydrogen) atoms. The molecule has 18 heteroatoms. The third-order valence-electron chi connectivity index (χ3n) is 14.4. The zero-order valence-corrected chi connectivity index (χ0v) is 50.9. The average molecular weight is 1190 g/mol. The van der Waals surface area contributed by atoms with Crippen LogP contribution in [0, 0.1) is 0 Å². The lowest BCUT2D eigenvalue weighted by Crippen LogP contribution is -2.43. The van der Waals surface area contributed by atoms with Gasteiger partial charge in [0.2, 0.25) is 5.91 Å². The smallest absolute Gasteiger partial charge is 0.407 e. The summed E-state index contributed by atoms with van der Waals surface area (Å²) < 4.78 is 16.0. The molecular weight excluding hydrogens is 1100 g/mol. The third-order valence-corrected chi connectivity index (χ3v) is 14.4. The van der Waals surface area contributed by atoms with Crippen molar-refractivity contribution in [2.45, 2.75) is 90.5 Å². The number of carbonyl (C=O) groups is 8. The van der Waals surface area contributed by atoms with E-state index in [1.807, 2.05) is 62.4 Å². The number of likely N-dealkylation sites (N-methyl/N-ethyl adjacent to an activating group) is 1. The number of nitrogens with one attached hydrogen (secondary N) is 5. The number of Topliss-reactive ketones (excluding diaryl/α,β-unsaturated/α-hetero) is 4. The van der Waals surface area contributed by atoms with E-state index in [1.165, 1.54) is 80.6 Å². The second kappa shape index (κ2) is 37.1. The maximum Gasteiger partial charge on any atom is 0.407 e. The number of unbranched alkanes of at least 4 members (excludes halogenated alkanes) is 1. The molecule has 9 N–H and O–H groups in total. The van der Waals surface area contributed by atoms with Crippen LogP contribution < -0.4 is 38.1 Å². The van der Waals surface area contributed by atoms with E-state index in [0.717, 1.165) is 12.8 Å². The first-order valence-corrected chi connectivity index (χ1v) is 29.6. The normalized spacial score (nSPS) is 12.3. The Balaban J connectivity index is 0.000000205. The summed E-state index contributed by atoms with van der Waals surface area (Å²) in [6.45, 7) is 11.4. The topological polar surface area (TPSA) is 276 Å². The molecule has 0 unspecified atom stereocenters. The van der Waals surface area contributed by atoms with Crippen LogP contribution in [0.4, 0.5) is 4.79 Å². The summed E-state index contributed by atoms with van der Waals surface area (Å²) in [6.07, 6.45) is 2.47. The molecule has 6 aromatic rings. The van der Waals surface area contributed by atoms with E-state index in [-0.39, 0.29) is 85.7 Å². The summed E-state index contributed by atoms with van der Waals surface area (Å²) >= 11 is 0. The van der Waals surface area contributed by atoms with Gasteiger partial charge in [-0.2, -0.15) is 0 Å². The van der Waals surface area contributed by atoms with Crippen LogP contribution in [-0.2, 0) is 47.8 Å². The van der Waals surface area contributed by atoms with E-state index in [4.69, 9.17) is 25.7 Å². The van der Waals surface area contributed by atoms with Crippen LogP contribution in [0.25, 0.3) is 33.4 Å². The minimum absolute atomic E-state index is 0.00330. The number of hydrogen-bond acceptors (Lipinski definition) is 16. The number of primary amides is 1. The minimum Gasteiger partial charge on any atom is -0.465 e. The van der Waals surface area contributed by atoms with Gasteiger partial charge >= 0.3 is 18.0 Å². The fourth-order valence-corrected chi connectivity index (χ4v) is 10.2. The summed E-state index contributed by atoms with van der Waals surface area (Å²) in [4.78, 5) is 88.6. The van der Waals surface area contributed by atoms with Crippen LogP contribution in [0.3, 0.4) is 0 Å². The highest BCUT2D eigenvalue weighted by atomic mass is 16.5. The Morgan fingerprint density at radius 1 is 0.460 bits per heavy atom. The molecule has 3 aliphatic carbocycles. The molecule has 0 aromatic heterocycles. The van der Waals surface area contributed by atoms with Crippen molar-refractivity contribution in [2.24, 2.45) is 11.5 Å². The van der Waals surface area contributed by atoms with E-state index in [0.29, 0.717) is 52.1 Å². The molecule has 0 heterocycles. The quantitative estimate of drug-likeness (QED) is 0.0116. The van der Waals surface area contributed by atoms with Crippen molar-refractivity contribution >= 4 is 47.1 Å². The van der Waals surface area contributed by atoms with Gasteiger partial charge in [-0.1, -0.05) is 166 Å². The minimum atomic E-state index is -0.558. The van der Waals surface area contributed by atoms with E-state index in [1.54, 1.807) is 14.0 Å². The van der Waals surface area contributed by atoms with E-state index < -0.39 is 18.0 Å². The van der Waals surface area contributed by atoms with Crippen LogP contribution >= 0.6 is 0 Å². The van der Waals surface area contributed by atoms with Gasteiger partial charge in [0.05, 0.1) is 38.8 Å². The molecule has 0 aliphatic heterocycles. The van der Waals surface area contributed by atoms with E-state index >= 15 is 0 Å². The third kappa shape index (κ3) is 21.7. The predicted octanol–water partition coefficient (Wildman–Crippen LogP) is 8.27. The number of benzene rings is 6. The van der Waals surface area contributed by atoms with Crippen LogP contribution in [0.1, 0.15) is 118 Å². The van der Waals surface area contributed by atoms with Crippen molar-refractivity contribution in [3.05, 3.63) is 179 Å². The number of amides is 2. The Morgan fingerprint density at radius 2 is 0.805 bits per heavy atom. The molecule has 18 nitrogen and oxygen atoms in total. The molecule has 0 saturated carbocycles. The van der Waals surface area contributed by atoms with Gasteiger partial charge in [-0.05, 0) is 114 Å². The number of esters is 2. The average Bonchev–Trinajstić information content (AvgIpc) is 1.80. The van der Waals surface area contributed by atoms with Gasteiger partial charge in [-0.3, -0.25) is 44.2 Å². The number of nitrogens with two attached hydrogens (primary N) is 2. The van der Waals surface area contributed by atoms with Gasteiger partial charge in [-0.25, -0.2) is 4.79 Å². The summed E-state index contributed by atoms with van der Waals surface area (Å²) in [5, 5.41) is 13.8. The number of carbonyl (C=O) groups excluding carboxylic acids is 8. The summed E-state index contributed by atoms with van der Waals surface area (Å²) in [7, 11) is 1.75. The van der Waals surface area contributed by atoms with Crippen LogP contribution in [-0.4, -0.2) is 126 Å². The Bertz CT molecular complexity index is 3010. The number of rotatable bonds is 26. The molecule has 0 spiro atoms. The monoisotopic (exact) mass is 1190 g/mol. The van der Waals surface area contributed by atoms with Gasteiger partial charge < -0.3 is 41.6 Å². The van der Waals surface area contributed by atoms with Crippen molar-refractivity contribution in [1.29, 1.82) is 0 Å². The van der Waals surface area contributed by atoms with Crippen LogP contribution in [0.15, 0.2) is 146 Å². The first kappa shape index (κ1) is 69.3. The number of hydrogen-bond donors (Lipinski definition) is 7. The molecule has 0 saturated heterocycles. The van der Waals surface area contributed by atoms with Crippen LogP contribution in [0.5, 0.6) is 0 Å². The lowest BCUT2D eigenvalue weighted by Gasteiger charge is -2.14. The van der Waals surface area contributed by atoms with Crippen LogP contribution in [0.2, 0.25) is 0 Å². The highest BCUT2D eigenvalue weighted by Gasteiger charge is 2.31. The molecule has 0 bridgehead atoms. The standard InChI is InChI=1S/C18H17NO3.2C17H16O2.C13H27N5O3.C4H9NO/c1-12(20)10-19-18(21)22-11-17-15-8-4-2-6-13(15)14-7-3-5-9-16(14)17;2*1-2-17(18)19-11-16-14-9-5-3-7-12(14)13-8-4-6-10-15(13)16;1-10(19)6-18-12(13(15)21)4-2-3-5-16-7-11(20)8-17-9-14;1-4(6)3-5-2/h2-9,17H,10-11H2,1H3,(H,19,21);2*3-10,16H,2,11H2,1H3;12,16-18H,2-9,14H2,1H3,(H2,15,21);5H,3H2,1-2H3/t;;;12-;/m...0./s1. The van der Waals surface area contributed by atoms with Crippen molar-refractivity contribution in [2.75, 3.05) is 72.8 Å². The fourth-order valence-electron chi connectivity index (χ4n) is 10.2. The van der Waals surface area contributed by atoms with Gasteiger partial charge in [-0.15, -0.1) is 0 Å². The molecule has 3 aliphatic rings. The first-order valence-electron chi connectivity index (χ1n) is 29.6. The number of alkyl carbamates (subject to hydrolysis) is 1. The molecular formula is C69H85N7O11. The first-order chi connectivity index (χ1) is 42.0. The van der Waals surface area contributed by atoms with E-state index in [2.05, 4.69) is 124 Å².